The van der Waals surface area contributed by atoms with Crippen molar-refractivity contribution in [3.8, 4) is 0 Å². The Morgan fingerprint density at radius 1 is 1.52 bits per heavy atom. The van der Waals surface area contributed by atoms with Gasteiger partial charge in [0.15, 0.2) is 0 Å². The van der Waals surface area contributed by atoms with Crippen LogP contribution in [0.25, 0.3) is 0 Å². The first-order valence-corrected chi connectivity index (χ1v) is 7.66. The number of carbonyl (C=O) groups excluding carboxylic acids is 1. The number of aryl methyl sites for hydroxylation is 1. The molecule has 110 valence electrons. The molecule has 21 heavy (non-hydrogen) atoms. The van der Waals surface area contributed by atoms with E-state index < -0.39 is 11.7 Å². The molecule has 1 fully saturated rings. The fourth-order valence-corrected chi connectivity index (χ4v) is 3.10. The molecule has 1 unspecified atom stereocenters. The van der Waals surface area contributed by atoms with Crippen LogP contribution in [-0.4, -0.2) is 17.5 Å². The Labute approximate surface area is 126 Å². The number of nitrogens with one attached hydrogen (secondary N) is 1. The largest absolute Gasteiger partial charge is 0.371 e. The average molecular weight is 306 g/mol. The highest BCUT2D eigenvalue weighted by Crippen LogP contribution is 2.30. The van der Waals surface area contributed by atoms with E-state index in [9.17, 15) is 9.18 Å². The fraction of sp³-hybridized carbons (Fsp3) is 0.333. The molecule has 1 atom stereocenters. The van der Waals surface area contributed by atoms with Crippen molar-refractivity contribution < 1.29 is 13.9 Å². The first kappa shape index (κ1) is 14.2. The molecule has 6 heteroatoms. The van der Waals surface area contributed by atoms with Gasteiger partial charge in [0.05, 0.1) is 5.69 Å². The van der Waals surface area contributed by atoms with Crippen LogP contribution >= 0.6 is 11.3 Å². The quantitative estimate of drug-likeness (QED) is 0.941. The molecule has 4 nitrogen and oxygen atoms in total. The predicted molar refractivity (Wildman–Crippen MR) is 79.1 cm³/mol. The molecule has 1 aromatic heterocycles. The van der Waals surface area contributed by atoms with E-state index in [0.29, 0.717) is 5.69 Å². The van der Waals surface area contributed by atoms with Crippen LogP contribution in [0.3, 0.4) is 0 Å². The van der Waals surface area contributed by atoms with E-state index in [1.54, 1.807) is 24.4 Å². The third-order valence-corrected chi connectivity index (χ3v) is 4.27. The van der Waals surface area contributed by atoms with Crippen molar-refractivity contribution in [1.29, 1.82) is 0 Å². The van der Waals surface area contributed by atoms with E-state index in [1.807, 2.05) is 0 Å². The third kappa shape index (κ3) is 3.11. The zero-order valence-corrected chi connectivity index (χ0v) is 12.4. The summed E-state index contributed by atoms with van der Waals surface area (Å²) in [5.74, 6) is -0.851. The van der Waals surface area contributed by atoms with Crippen LogP contribution in [0.15, 0.2) is 23.6 Å². The Bertz CT molecular complexity index is 665. The minimum Gasteiger partial charge on any atom is -0.371 e. The fourth-order valence-electron chi connectivity index (χ4n) is 2.22. The van der Waals surface area contributed by atoms with Crippen molar-refractivity contribution in [3.63, 3.8) is 0 Å². The lowest BCUT2D eigenvalue weighted by Crippen LogP contribution is -2.13. The minimum atomic E-state index is -0.446. The highest BCUT2D eigenvalue weighted by Gasteiger charge is 2.22. The minimum absolute atomic E-state index is 0.00680. The van der Waals surface area contributed by atoms with Crippen LogP contribution in [0.2, 0.25) is 0 Å². The van der Waals surface area contributed by atoms with E-state index in [-0.39, 0.29) is 11.8 Å². The molecule has 3 rings (SSSR count). The van der Waals surface area contributed by atoms with Crippen molar-refractivity contribution in [3.05, 3.63) is 45.7 Å². The van der Waals surface area contributed by atoms with Gasteiger partial charge in [0.2, 0.25) is 0 Å². The second-order valence-electron chi connectivity index (χ2n) is 5.01. The summed E-state index contributed by atoms with van der Waals surface area (Å²) < 4.78 is 19.3. The maximum absolute atomic E-state index is 13.7. The zero-order valence-electron chi connectivity index (χ0n) is 11.6. The van der Waals surface area contributed by atoms with Crippen molar-refractivity contribution in [1.82, 2.24) is 4.98 Å². The Balaban J connectivity index is 1.73. The molecule has 2 aromatic rings. The van der Waals surface area contributed by atoms with Crippen LogP contribution in [0.4, 0.5) is 10.1 Å². The van der Waals surface area contributed by atoms with E-state index in [0.717, 1.165) is 30.0 Å². The number of halogens is 1. The lowest BCUT2D eigenvalue weighted by molar-refractivity contribution is 0.101. The summed E-state index contributed by atoms with van der Waals surface area (Å²) in [7, 11) is 0. The van der Waals surface area contributed by atoms with Crippen LogP contribution in [0.5, 0.6) is 0 Å². The predicted octanol–water partition coefficient (Wildman–Crippen LogP) is 3.69. The number of rotatable bonds is 3. The number of carbonyl (C=O) groups is 1. The van der Waals surface area contributed by atoms with Crippen LogP contribution in [-0.2, 0) is 4.74 Å². The molecule has 1 aliphatic rings. The molecule has 1 saturated heterocycles. The molecular weight excluding hydrogens is 291 g/mol. The number of hydrogen-bond acceptors (Lipinski definition) is 4. The number of benzene rings is 1. The summed E-state index contributed by atoms with van der Waals surface area (Å²) in [5, 5.41) is 5.03. The second-order valence-corrected chi connectivity index (χ2v) is 5.90. The molecule has 1 aliphatic heterocycles. The summed E-state index contributed by atoms with van der Waals surface area (Å²) >= 11 is 1.40. The summed E-state index contributed by atoms with van der Waals surface area (Å²) in [6.45, 7) is 2.53. The second kappa shape index (κ2) is 5.91. The Hall–Kier alpha value is -1.79. The topological polar surface area (TPSA) is 51.2 Å². The number of amides is 1. The van der Waals surface area contributed by atoms with Gasteiger partial charge < -0.3 is 10.1 Å². The number of nitrogens with zero attached hydrogens (tertiary/aromatic N) is 1. The van der Waals surface area contributed by atoms with Crippen LogP contribution < -0.4 is 5.32 Å². The lowest BCUT2D eigenvalue weighted by atomic mass is 10.2. The van der Waals surface area contributed by atoms with Crippen molar-refractivity contribution in [2.45, 2.75) is 25.9 Å². The maximum atomic E-state index is 13.7. The highest BCUT2D eigenvalue weighted by atomic mass is 32.1. The van der Waals surface area contributed by atoms with E-state index in [4.69, 9.17) is 4.74 Å². The van der Waals surface area contributed by atoms with Gasteiger partial charge in [0, 0.05) is 12.0 Å². The highest BCUT2D eigenvalue weighted by molar-refractivity contribution is 7.09. The molecule has 1 amide bonds. The summed E-state index contributed by atoms with van der Waals surface area (Å²) in [6.07, 6.45) is 1.94. The van der Waals surface area contributed by atoms with Gasteiger partial charge in [-0.05, 0) is 37.5 Å². The van der Waals surface area contributed by atoms with Crippen molar-refractivity contribution >= 4 is 22.9 Å². The monoisotopic (exact) mass is 306 g/mol. The van der Waals surface area contributed by atoms with Crippen molar-refractivity contribution in [2.24, 2.45) is 0 Å². The summed E-state index contributed by atoms with van der Waals surface area (Å²) in [5.41, 5.74) is 1.27. The van der Waals surface area contributed by atoms with E-state index >= 15 is 0 Å². The van der Waals surface area contributed by atoms with Gasteiger partial charge in [-0.15, -0.1) is 11.3 Å². The number of anilines is 1. The zero-order chi connectivity index (χ0) is 14.8. The molecule has 0 radical (unpaired) electrons. The maximum Gasteiger partial charge on any atom is 0.275 e. The van der Waals surface area contributed by atoms with E-state index in [2.05, 4.69) is 10.3 Å². The van der Waals surface area contributed by atoms with E-state index in [1.165, 1.54) is 17.4 Å². The molecule has 1 aromatic carbocycles. The Morgan fingerprint density at radius 2 is 2.38 bits per heavy atom. The molecule has 1 N–H and O–H groups in total. The number of ether oxygens (including phenoxy) is 1. The molecule has 0 bridgehead atoms. The molecule has 2 heterocycles. The number of hydrogen-bond donors (Lipinski definition) is 1. The molecule has 0 aliphatic carbocycles. The van der Waals surface area contributed by atoms with Gasteiger partial charge in [-0.2, -0.15) is 0 Å². The van der Waals surface area contributed by atoms with Crippen LogP contribution in [0.1, 0.15) is 40.0 Å². The SMILES string of the molecule is Cc1ccc(NC(=O)c2csc(C3CCCO3)n2)c(F)c1. The molecule has 0 spiro atoms. The Kier molecular flexibility index (Phi) is 3.98. The van der Waals surface area contributed by atoms with Gasteiger partial charge in [-0.25, -0.2) is 9.37 Å². The molecular formula is C15H15FN2O2S. The van der Waals surface area contributed by atoms with Gasteiger partial charge >= 0.3 is 0 Å². The normalized spacial score (nSPS) is 17.9. The van der Waals surface area contributed by atoms with Gasteiger partial charge in [0.1, 0.15) is 22.6 Å². The number of aromatic nitrogens is 1. The third-order valence-electron chi connectivity index (χ3n) is 3.33. The van der Waals surface area contributed by atoms with Gasteiger partial charge in [-0.3, -0.25) is 4.79 Å². The summed E-state index contributed by atoms with van der Waals surface area (Å²) in [6, 6.07) is 4.68. The number of thiazole rings is 1. The first-order chi connectivity index (χ1) is 10.1. The average Bonchev–Trinajstić information content (AvgIpc) is 3.10. The summed E-state index contributed by atoms with van der Waals surface area (Å²) in [4.78, 5) is 16.4. The standard InChI is InChI=1S/C15H15FN2O2S/c1-9-4-5-11(10(16)7-9)17-14(19)12-8-21-15(18-12)13-3-2-6-20-13/h4-5,7-8,13H,2-3,6H2,1H3,(H,17,19). The molecule has 0 saturated carbocycles. The van der Waals surface area contributed by atoms with Gasteiger partial charge in [-0.1, -0.05) is 6.07 Å². The Morgan fingerprint density at radius 3 is 3.10 bits per heavy atom. The smallest absolute Gasteiger partial charge is 0.275 e. The van der Waals surface area contributed by atoms with Crippen LogP contribution in [0, 0.1) is 12.7 Å². The van der Waals surface area contributed by atoms with Gasteiger partial charge in [0.25, 0.3) is 5.91 Å². The van der Waals surface area contributed by atoms with Crippen molar-refractivity contribution in [2.75, 3.05) is 11.9 Å². The lowest BCUT2D eigenvalue weighted by Gasteiger charge is -2.06. The first-order valence-electron chi connectivity index (χ1n) is 6.78.